The number of rotatable bonds is 4. The predicted molar refractivity (Wildman–Crippen MR) is 69.4 cm³/mol. The lowest BCUT2D eigenvalue weighted by molar-refractivity contribution is 0.267. The zero-order valence-corrected chi connectivity index (χ0v) is 9.92. The quantitative estimate of drug-likeness (QED) is 0.839. The molecule has 1 aliphatic heterocycles. The normalized spacial score (nSPS) is 26.3. The standard InChI is InChI=1S/C13H16FN3O/c14-6-8-18-11-4-2-1-3-10(11)13(16)5-7-17-9-12(13)15/h1-5,7,9,12H,6,8,15-16H2. The molecule has 1 aromatic rings. The van der Waals surface area contributed by atoms with Gasteiger partial charge < -0.3 is 16.2 Å². The van der Waals surface area contributed by atoms with Crippen LogP contribution in [0.2, 0.25) is 0 Å². The largest absolute Gasteiger partial charge is 0.490 e. The highest BCUT2D eigenvalue weighted by atomic mass is 19.1. The molecule has 0 fully saturated rings. The second-order valence-corrected chi connectivity index (χ2v) is 4.11. The first-order valence-corrected chi connectivity index (χ1v) is 5.72. The Hall–Kier alpha value is -1.72. The fraction of sp³-hybridized carbons (Fsp3) is 0.308. The maximum atomic E-state index is 12.2. The Labute approximate surface area is 105 Å². The number of para-hydroxylation sites is 1. The molecule has 5 heteroatoms. The van der Waals surface area contributed by atoms with Gasteiger partial charge in [-0.25, -0.2) is 4.39 Å². The van der Waals surface area contributed by atoms with Gasteiger partial charge in [0.05, 0.1) is 11.6 Å². The molecule has 2 atom stereocenters. The molecule has 1 heterocycles. The van der Waals surface area contributed by atoms with E-state index in [9.17, 15) is 4.39 Å². The van der Waals surface area contributed by atoms with Gasteiger partial charge in [0.1, 0.15) is 19.0 Å². The number of ether oxygens (including phenoxy) is 1. The molecule has 0 radical (unpaired) electrons. The van der Waals surface area contributed by atoms with E-state index < -0.39 is 18.3 Å². The van der Waals surface area contributed by atoms with E-state index >= 15 is 0 Å². The van der Waals surface area contributed by atoms with E-state index in [-0.39, 0.29) is 6.61 Å². The van der Waals surface area contributed by atoms with Gasteiger partial charge >= 0.3 is 0 Å². The predicted octanol–water partition coefficient (Wildman–Crippen LogP) is 1.11. The number of hydrogen-bond acceptors (Lipinski definition) is 4. The Kier molecular flexibility index (Phi) is 3.74. The van der Waals surface area contributed by atoms with Crippen LogP contribution >= 0.6 is 0 Å². The van der Waals surface area contributed by atoms with Gasteiger partial charge in [0.25, 0.3) is 0 Å². The van der Waals surface area contributed by atoms with Crippen molar-refractivity contribution in [1.29, 1.82) is 0 Å². The average molecular weight is 249 g/mol. The van der Waals surface area contributed by atoms with Gasteiger partial charge in [0, 0.05) is 18.0 Å². The Morgan fingerprint density at radius 3 is 2.89 bits per heavy atom. The summed E-state index contributed by atoms with van der Waals surface area (Å²) in [5.74, 6) is 0.549. The molecule has 0 spiro atoms. The van der Waals surface area contributed by atoms with Crippen molar-refractivity contribution >= 4 is 6.21 Å². The Morgan fingerprint density at radius 1 is 1.39 bits per heavy atom. The smallest absolute Gasteiger partial charge is 0.124 e. The van der Waals surface area contributed by atoms with Crippen molar-refractivity contribution in [3.63, 3.8) is 0 Å². The minimum absolute atomic E-state index is 0.000134. The SMILES string of the molecule is NC1C=NC=CC1(N)c1ccccc1OCCF. The van der Waals surface area contributed by atoms with Crippen LogP contribution in [0.1, 0.15) is 5.56 Å². The van der Waals surface area contributed by atoms with Gasteiger partial charge in [-0.3, -0.25) is 4.99 Å². The summed E-state index contributed by atoms with van der Waals surface area (Å²) in [7, 11) is 0. The monoisotopic (exact) mass is 249 g/mol. The number of halogens is 1. The summed E-state index contributed by atoms with van der Waals surface area (Å²) in [6, 6.07) is 6.80. The van der Waals surface area contributed by atoms with Gasteiger partial charge in [-0.05, 0) is 12.1 Å². The second kappa shape index (κ2) is 5.29. The highest BCUT2D eigenvalue weighted by Gasteiger charge is 2.34. The second-order valence-electron chi connectivity index (χ2n) is 4.11. The van der Waals surface area contributed by atoms with Crippen molar-refractivity contribution in [2.45, 2.75) is 11.6 Å². The van der Waals surface area contributed by atoms with Crippen molar-refractivity contribution in [3.8, 4) is 5.75 Å². The summed E-state index contributed by atoms with van der Waals surface area (Å²) < 4.78 is 17.6. The molecule has 2 rings (SSSR count). The maximum absolute atomic E-state index is 12.2. The molecule has 18 heavy (non-hydrogen) atoms. The van der Waals surface area contributed by atoms with Crippen LogP contribution in [-0.4, -0.2) is 25.5 Å². The van der Waals surface area contributed by atoms with Crippen LogP contribution in [-0.2, 0) is 5.54 Å². The number of aliphatic imine (C=N–C) groups is 1. The highest BCUT2D eigenvalue weighted by Crippen LogP contribution is 2.32. The first kappa shape index (κ1) is 12.7. The summed E-state index contributed by atoms with van der Waals surface area (Å²) in [6.07, 6.45) is 4.93. The van der Waals surface area contributed by atoms with Gasteiger partial charge in [0.15, 0.2) is 0 Å². The number of nitrogens with zero attached hydrogens (tertiary/aromatic N) is 1. The molecule has 0 amide bonds. The lowest BCUT2D eigenvalue weighted by atomic mass is 9.83. The van der Waals surface area contributed by atoms with E-state index in [1.165, 1.54) is 0 Å². The minimum Gasteiger partial charge on any atom is -0.490 e. The summed E-state index contributed by atoms with van der Waals surface area (Å²) in [4.78, 5) is 3.96. The maximum Gasteiger partial charge on any atom is 0.124 e. The van der Waals surface area contributed by atoms with Crippen LogP contribution in [0.25, 0.3) is 0 Å². The number of nitrogens with two attached hydrogens (primary N) is 2. The molecule has 96 valence electrons. The summed E-state index contributed by atoms with van der Waals surface area (Å²) in [5, 5.41) is 0. The molecular weight excluding hydrogens is 233 g/mol. The molecular formula is C13H16FN3O. The lowest BCUT2D eigenvalue weighted by Crippen LogP contribution is -2.53. The molecule has 0 bridgehead atoms. The third-order valence-electron chi connectivity index (χ3n) is 2.92. The topological polar surface area (TPSA) is 73.6 Å². The van der Waals surface area contributed by atoms with Gasteiger partial charge in [-0.2, -0.15) is 0 Å². The number of alkyl halides is 1. The van der Waals surface area contributed by atoms with E-state index in [1.54, 1.807) is 24.6 Å². The van der Waals surface area contributed by atoms with Crippen molar-refractivity contribution in [1.82, 2.24) is 0 Å². The zero-order chi connectivity index (χ0) is 13.0. The molecule has 2 unspecified atom stereocenters. The van der Waals surface area contributed by atoms with E-state index in [2.05, 4.69) is 4.99 Å². The Morgan fingerprint density at radius 2 is 2.17 bits per heavy atom. The third-order valence-corrected chi connectivity index (χ3v) is 2.92. The van der Waals surface area contributed by atoms with E-state index in [0.29, 0.717) is 5.75 Å². The zero-order valence-electron chi connectivity index (χ0n) is 9.92. The van der Waals surface area contributed by atoms with E-state index in [4.69, 9.17) is 16.2 Å². The van der Waals surface area contributed by atoms with Crippen LogP contribution < -0.4 is 16.2 Å². The Bertz CT molecular complexity index is 475. The molecule has 4 nitrogen and oxygen atoms in total. The Balaban J connectivity index is 2.37. The van der Waals surface area contributed by atoms with Crippen molar-refractivity contribution in [2.24, 2.45) is 16.5 Å². The first-order chi connectivity index (χ1) is 8.68. The van der Waals surface area contributed by atoms with Gasteiger partial charge in [0.2, 0.25) is 0 Å². The fourth-order valence-electron chi connectivity index (χ4n) is 1.91. The number of hydrogen-bond donors (Lipinski definition) is 2. The molecule has 0 aliphatic carbocycles. The van der Waals surface area contributed by atoms with Crippen molar-refractivity contribution in [3.05, 3.63) is 42.1 Å². The number of benzene rings is 1. The molecule has 1 aromatic carbocycles. The molecule has 1 aliphatic rings. The van der Waals surface area contributed by atoms with Crippen LogP contribution in [0.3, 0.4) is 0 Å². The molecule has 0 saturated heterocycles. The lowest BCUT2D eigenvalue weighted by Gasteiger charge is -2.33. The molecule has 4 N–H and O–H groups in total. The van der Waals surface area contributed by atoms with Crippen LogP contribution in [0.15, 0.2) is 41.5 Å². The summed E-state index contributed by atoms with van der Waals surface area (Å²) in [6.45, 7) is -0.546. The first-order valence-electron chi connectivity index (χ1n) is 5.72. The van der Waals surface area contributed by atoms with Gasteiger partial charge in [-0.1, -0.05) is 18.2 Å². The van der Waals surface area contributed by atoms with E-state index in [1.807, 2.05) is 18.2 Å². The third kappa shape index (κ3) is 2.27. The molecule has 0 aromatic heterocycles. The van der Waals surface area contributed by atoms with Crippen molar-refractivity contribution in [2.75, 3.05) is 13.3 Å². The van der Waals surface area contributed by atoms with Crippen molar-refractivity contribution < 1.29 is 9.13 Å². The fourth-order valence-corrected chi connectivity index (χ4v) is 1.91. The average Bonchev–Trinajstić information content (AvgIpc) is 2.40. The van der Waals surface area contributed by atoms with E-state index in [0.717, 1.165) is 5.56 Å². The van der Waals surface area contributed by atoms with Gasteiger partial charge in [-0.15, -0.1) is 0 Å². The van der Waals surface area contributed by atoms with Crippen LogP contribution in [0, 0.1) is 0 Å². The summed E-state index contributed by atoms with van der Waals surface area (Å²) in [5.41, 5.74) is 12.2. The van der Waals surface area contributed by atoms with Crippen LogP contribution in [0.5, 0.6) is 5.75 Å². The summed E-state index contributed by atoms with van der Waals surface area (Å²) >= 11 is 0. The highest BCUT2D eigenvalue weighted by molar-refractivity contribution is 5.71. The molecule has 0 saturated carbocycles. The van der Waals surface area contributed by atoms with Crippen LogP contribution in [0.4, 0.5) is 4.39 Å². The minimum atomic E-state index is -0.880.